The van der Waals surface area contributed by atoms with Gasteiger partial charge in [0.2, 0.25) is 0 Å². The molecule has 0 unspecified atom stereocenters. The monoisotopic (exact) mass is 140 g/mol. The number of rotatable bonds is 2. The predicted octanol–water partition coefficient (Wildman–Crippen LogP) is 0.362. The number of nitrogens with zero attached hydrogens (tertiary/aromatic N) is 1. The van der Waals surface area contributed by atoms with Crippen LogP contribution in [-0.2, 0) is 0 Å². The molecule has 0 heterocycles. The number of nitrogens with one attached hydrogen (secondary N) is 1. The van der Waals surface area contributed by atoms with E-state index in [-0.39, 0.29) is 0 Å². The molecular formula is C7H12N2O. The lowest BCUT2D eigenvalue weighted by atomic mass is 10.0. The van der Waals surface area contributed by atoms with Crippen LogP contribution in [0.15, 0.2) is 0 Å². The average molecular weight is 140 g/mol. The molecule has 0 aromatic rings. The van der Waals surface area contributed by atoms with E-state index in [1.165, 1.54) is 0 Å². The average Bonchev–Trinajstić information content (AvgIpc) is 2.33. The summed E-state index contributed by atoms with van der Waals surface area (Å²) in [4.78, 5) is 0. The summed E-state index contributed by atoms with van der Waals surface area (Å²) in [6.45, 7) is 0.420. The van der Waals surface area contributed by atoms with E-state index in [2.05, 4.69) is 5.32 Å². The summed E-state index contributed by atoms with van der Waals surface area (Å²) in [6, 6.07) is 0. The highest BCUT2D eigenvalue weighted by Gasteiger charge is 2.30. The number of hydrogen-bond acceptors (Lipinski definition) is 3. The second-order valence-corrected chi connectivity index (χ2v) is 2.90. The van der Waals surface area contributed by atoms with Crippen LogP contribution >= 0.6 is 0 Å². The van der Waals surface area contributed by atoms with Crippen LogP contribution in [0.4, 0.5) is 0 Å². The fourth-order valence-corrected chi connectivity index (χ4v) is 1.41. The van der Waals surface area contributed by atoms with Crippen LogP contribution in [0.3, 0.4) is 0 Å². The van der Waals surface area contributed by atoms with Crippen LogP contribution in [0.25, 0.3) is 0 Å². The standard InChI is InChI=1S/C7H12N2O/c8-6-9-5-7(10)3-1-2-4-7/h9-10H,1-5H2. The number of nitriles is 1. The lowest BCUT2D eigenvalue weighted by Crippen LogP contribution is -2.35. The van der Waals surface area contributed by atoms with E-state index in [0.717, 1.165) is 25.7 Å². The van der Waals surface area contributed by atoms with Crippen molar-refractivity contribution in [3.8, 4) is 6.19 Å². The molecule has 0 spiro atoms. The Morgan fingerprint density at radius 1 is 1.50 bits per heavy atom. The lowest BCUT2D eigenvalue weighted by molar-refractivity contribution is 0.0516. The molecule has 2 N–H and O–H groups in total. The maximum absolute atomic E-state index is 9.61. The molecule has 0 aromatic carbocycles. The highest BCUT2D eigenvalue weighted by molar-refractivity contribution is 4.88. The molecule has 0 radical (unpaired) electrons. The molecule has 0 aromatic heterocycles. The minimum Gasteiger partial charge on any atom is -0.388 e. The Bertz CT molecular complexity index is 144. The molecule has 1 aliphatic rings. The first-order chi connectivity index (χ1) is 4.77. The van der Waals surface area contributed by atoms with Crippen molar-refractivity contribution in [2.45, 2.75) is 31.3 Å². The van der Waals surface area contributed by atoms with Crippen molar-refractivity contribution in [1.29, 1.82) is 5.26 Å². The van der Waals surface area contributed by atoms with E-state index in [0.29, 0.717) is 6.54 Å². The van der Waals surface area contributed by atoms with Gasteiger partial charge in [0.05, 0.1) is 12.1 Å². The summed E-state index contributed by atoms with van der Waals surface area (Å²) < 4.78 is 0. The predicted molar refractivity (Wildman–Crippen MR) is 37.0 cm³/mol. The van der Waals surface area contributed by atoms with Crippen molar-refractivity contribution in [3.05, 3.63) is 0 Å². The van der Waals surface area contributed by atoms with Gasteiger partial charge in [0.15, 0.2) is 6.19 Å². The minimum atomic E-state index is -0.588. The quantitative estimate of drug-likeness (QED) is 0.430. The van der Waals surface area contributed by atoms with Gasteiger partial charge in [-0.2, -0.15) is 5.26 Å². The largest absolute Gasteiger partial charge is 0.388 e. The second kappa shape index (κ2) is 2.89. The minimum absolute atomic E-state index is 0.420. The Balaban J connectivity index is 2.30. The molecule has 0 amide bonds. The molecular weight excluding hydrogens is 128 g/mol. The zero-order valence-corrected chi connectivity index (χ0v) is 5.93. The smallest absolute Gasteiger partial charge is 0.176 e. The van der Waals surface area contributed by atoms with Gasteiger partial charge in [0.25, 0.3) is 0 Å². The van der Waals surface area contributed by atoms with Crippen LogP contribution in [0.5, 0.6) is 0 Å². The summed E-state index contributed by atoms with van der Waals surface area (Å²) in [5.41, 5.74) is -0.588. The van der Waals surface area contributed by atoms with Crippen LogP contribution in [-0.4, -0.2) is 17.3 Å². The van der Waals surface area contributed by atoms with E-state index in [4.69, 9.17) is 5.26 Å². The summed E-state index contributed by atoms with van der Waals surface area (Å²) in [5.74, 6) is 0. The molecule has 1 aliphatic carbocycles. The van der Waals surface area contributed by atoms with Gasteiger partial charge in [-0.05, 0) is 12.8 Å². The number of aliphatic hydroxyl groups is 1. The van der Waals surface area contributed by atoms with E-state index in [1.807, 2.05) is 6.19 Å². The van der Waals surface area contributed by atoms with Gasteiger partial charge < -0.3 is 10.4 Å². The molecule has 1 rings (SSSR count). The van der Waals surface area contributed by atoms with Gasteiger partial charge in [-0.3, -0.25) is 0 Å². The fourth-order valence-electron chi connectivity index (χ4n) is 1.41. The molecule has 0 saturated heterocycles. The van der Waals surface area contributed by atoms with Gasteiger partial charge in [0, 0.05) is 0 Å². The lowest BCUT2D eigenvalue weighted by Gasteiger charge is -2.19. The first-order valence-corrected chi connectivity index (χ1v) is 3.61. The van der Waals surface area contributed by atoms with Gasteiger partial charge in [-0.15, -0.1) is 0 Å². The van der Waals surface area contributed by atoms with E-state index in [1.54, 1.807) is 0 Å². The summed E-state index contributed by atoms with van der Waals surface area (Å²) >= 11 is 0. The first kappa shape index (κ1) is 7.36. The Labute approximate surface area is 60.7 Å². The molecule has 3 heteroatoms. The topological polar surface area (TPSA) is 56.0 Å². The Hall–Kier alpha value is -0.750. The first-order valence-electron chi connectivity index (χ1n) is 3.61. The van der Waals surface area contributed by atoms with Crippen LogP contribution in [0.2, 0.25) is 0 Å². The third kappa shape index (κ3) is 1.61. The van der Waals surface area contributed by atoms with Gasteiger partial charge >= 0.3 is 0 Å². The highest BCUT2D eigenvalue weighted by Crippen LogP contribution is 2.28. The van der Waals surface area contributed by atoms with Crippen molar-refractivity contribution < 1.29 is 5.11 Å². The van der Waals surface area contributed by atoms with Crippen LogP contribution in [0.1, 0.15) is 25.7 Å². The maximum atomic E-state index is 9.61. The zero-order chi connectivity index (χ0) is 7.45. The SMILES string of the molecule is N#CNCC1(O)CCCC1. The van der Waals surface area contributed by atoms with E-state index in [9.17, 15) is 5.11 Å². The summed E-state index contributed by atoms with van der Waals surface area (Å²) in [5, 5.41) is 20.3. The summed E-state index contributed by atoms with van der Waals surface area (Å²) in [7, 11) is 0. The van der Waals surface area contributed by atoms with Crippen molar-refractivity contribution in [2.75, 3.05) is 6.54 Å². The van der Waals surface area contributed by atoms with Gasteiger partial charge in [-0.1, -0.05) is 12.8 Å². The molecule has 56 valence electrons. The third-order valence-corrected chi connectivity index (χ3v) is 2.03. The normalized spacial score (nSPS) is 22.0. The molecule has 0 atom stereocenters. The molecule has 3 nitrogen and oxygen atoms in total. The maximum Gasteiger partial charge on any atom is 0.176 e. The van der Waals surface area contributed by atoms with Crippen molar-refractivity contribution in [2.24, 2.45) is 0 Å². The van der Waals surface area contributed by atoms with Crippen molar-refractivity contribution >= 4 is 0 Å². The van der Waals surface area contributed by atoms with Crippen LogP contribution in [0, 0.1) is 11.5 Å². The Morgan fingerprint density at radius 3 is 2.60 bits per heavy atom. The van der Waals surface area contributed by atoms with Gasteiger partial charge in [-0.25, -0.2) is 0 Å². The van der Waals surface area contributed by atoms with Crippen molar-refractivity contribution in [3.63, 3.8) is 0 Å². The number of hydrogen-bond donors (Lipinski definition) is 2. The van der Waals surface area contributed by atoms with E-state index >= 15 is 0 Å². The van der Waals surface area contributed by atoms with Crippen molar-refractivity contribution in [1.82, 2.24) is 5.32 Å². The molecule has 1 saturated carbocycles. The van der Waals surface area contributed by atoms with E-state index < -0.39 is 5.60 Å². The van der Waals surface area contributed by atoms with Gasteiger partial charge in [0.1, 0.15) is 0 Å². The molecule has 1 fully saturated rings. The third-order valence-electron chi connectivity index (χ3n) is 2.03. The highest BCUT2D eigenvalue weighted by atomic mass is 16.3. The Morgan fingerprint density at radius 2 is 2.10 bits per heavy atom. The second-order valence-electron chi connectivity index (χ2n) is 2.90. The molecule has 10 heavy (non-hydrogen) atoms. The Kier molecular flexibility index (Phi) is 2.13. The molecule has 0 bridgehead atoms. The van der Waals surface area contributed by atoms with Crippen LogP contribution < -0.4 is 5.32 Å². The summed E-state index contributed by atoms with van der Waals surface area (Å²) in [6.07, 6.45) is 5.65. The zero-order valence-electron chi connectivity index (χ0n) is 5.93. The fraction of sp³-hybridized carbons (Fsp3) is 0.857. The molecule has 0 aliphatic heterocycles.